The van der Waals surface area contributed by atoms with Crippen molar-refractivity contribution in [2.24, 2.45) is 11.8 Å². The molecule has 2 aliphatic rings. The van der Waals surface area contributed by atoms with E-state index >= 15 is 0 Å². The fourth-order valence-corrected chi connectivity index (χ4v) is 4.43. The Hall–Kier alpha value is -3.28. The highest BCUT2D eigenvalue weighted by Crippen LogP contribution is 2.37. The Kier molecular flexibility index (Phi) is 6.72. The average molecular weight is 449 g/mol. The molecule has 2 aromatic carbocycles. The molecule has 2 amide bonds. The van der Waals surface area contributed by atoms with Gasteiger partial charge in [0.05, 0.1) is 25.0 Å². The molecule has 6 heteroatoms. The number of carbonyl (C=O) groups is 2. The van der Waals surface area contributed by atoms with Crippen LogP contribution in [0.4, 0.5) is 5.69 Å². The predicted molar refractivity (Wildman–Crippen MR) is 129 cm³/mol. The number of likely N-dealkylation sites (tertiary alicyclic amines) is 1. The van der Waals surface area contributed by atoms with Gasteiger partial charge in [-0.15, -0.1) is 0 Å². The third-order valence-electron chi connectivity index (χ3n) is 6.07. The van der Waals surface area contributed by atoms with Crippen LogP contribution in [-0.2, 0) is 9.59 Å². The van der Waals surface area contributed by atoms with Crippen LogP contribution in [0.25, 0.3) is 5.57 Å². The van der Waals surface area contributed by atoms with E-state index in [1.165, 1.54) is 4.90 Å². The molecule has 0 saturated carbocycles. The summed E-state index contributed by atoms with van der Waals surface area (Å²) in [6.45, 7) is 8.54. The molecule has 0 spiro atoms. The zero-order valence-electron chi connectivity index (χ0n) is 19.8. The summed E-state index contributed by atoms with van der Waals surface area (Å²) >= 11 is 0. The fraction of sp³-hybridized carbons (Fsp3) is 0.407. The van der Waals surface area contributed by atoms with Gasteiger partial charge in [0, 0.05) is 19.2 Å². The minimum Gasteiger partial charge on any atom is -0.497 e. The summed E-state index contributed by atoms with van der Waals surface area (Å²) in [6, 6.07) is 14.6. The lowest BCUT2D eigenvalue weighted by atomic mass is 9.97. The number of hydrogen-bond acceptors (Lipinski definition) is 5. The molecule has 6 nitrogen and oxygen atoms in total. The van der Waals surface area contributed by atoms with Crippen LogP contribution in [0.5, 0.6) is 11.5 Å². The van der Waals surface area contributed by atoms with Gasteiger partial charge in [0.25, 0.3) is 11.8 Å². The minimum absolute atomic E-state index is 0.280. The second-order valence-corrected chi connectivity index (χ2v) is 9.29. The lowest BCUT2D eigenvalue weighted by Gasteiger charge is -2.33. The lowest BCUT2D eigenvalue weighted by Crippen LogP contribution is -2.39. The SMILES string of the molecule is COc1cccc(N2C(=O)C(c3ccc(OCC(C)C)cc3)=C(N3CCCC(C)C3)C2=O)c1. The van der Waals surface area contributed by atoms with Gasteiger partial charge >= 0.3 is 0 Å². The second-order valence-electron chi connectivity index (χ2n) is 9.29. The molecule has 0 aliphatic carbocycles. The summed E-state index contributed by atoms with van der Waals surface area (Å²) in [6.07, 6.45) is 2.13. The third-order valence-corrected chi connectivity index (χ3v) is 6.07. The fourth-order valence-electron chi connectivity index (χ4n) is 4.43. The molecule has 1 saturated heterocycles. The van der Waals surface area contributed by atoms with Crippen molar-refractivity contribution in [3.05, 3.63) is 59.8 Å². The van der Waals surface area contributed by atoms with E-state index in [0.29, 0.717) is 41.1 Å². The monoisotopic (exact) mass is 448 g/mol. The van der Waals surface area contributed by atoms with E-state index in [-0.39, 0.29) is 11.8 Å². The van der Waals surface area contributed by atoms with Crippen LogP contribution in [0.15, 0.2) is 54.2 Å². The van der Waals surface area contributed by atoms with Crippen molar-refractivity contribution in [2.45, 2.75) is 33.6 Å². The van der Waals surface area contributed by atoms with Crippen LogP contribution in [-0.4, -0.2) is 43.5 Å². The summed E-state index contributed by atoms with van der Waals surface area (Å²) in [5.41, 5.74) is 2.18. The molecular formula is C27H32N2O4. The van der Waals surface area contributed by atoms with Crippen molar-refractivity contribution in [3.8, 4) is 11.5 Å². The van der Waals surface area contributed by atoms with E-state index in [1.807, 2.05) is 24.3 Å². The van der Waals surface area contributed by atoms with E-state index in [1.54, 1.807) is 31.4 Å². The Morgan fingerprint density at radius 3 is 2.45 bits per heavy atom. The first-order chi connectivity index (χ1) is 15.9. The summed E-state index contributed by atoms with van der Waals surface area (Å²) in [5, 5.41) is 0. The molecule has 0 radical (unpaired) electrons. The number of anilines is 1. The molecule has 1 fully saturated rings. The third kappa shape index (κ3) is 4.75. The van der Waals surface area contributed by atoms with Gasteiger partial charge in [-0.25, -0.2) is 4.90 Å². The highest BCUT2D eigenvalue weighted by molar-refractivity contribution is 6.45. The smallest absolute Gasteiger partial charge is 0.282 e. The van der Waals surface area contributed by atoms with Crippen LogP contribution >= 0.6 is 0 Å². The molecule has 2 heterocycles. The normalized spacial score (nSPS) is 19.0. The van der Waals surface area contributed by atoms with Crippen molar-refractivity contribution >= 4 is 23.1 Å². The highest BCUT2D eigenvalue weighted by atomic mass is 16.5. The Morgan fingerprint density at radius 1 is 1.03 bits per heavy atom. The van der Waals surface area contributed by atoms with E-state index in [9.17, 15) is 9.59 Å². The maximum atomic E-state index is 13.7. The molecule has 1 atom stereocenters. The first-order valence-electron chi connectivity index (χ1n) is 11.6. The van der Waals surface area contributed by atoms with Crippen molar-refractivity contribution in [1.29, 1.82) is 0 Å². The maximum absolute atomic E-state index is 13.7. The summed E-state index contributed by atoms with van der Waals surface area (Å²) in [4.78, 5) is 30.8. The Balaban J connectivity index is 1.73. The van der Waals surface area contributed by atoms with Gasteiger partial charge < -0.3 is 14.4 Å². The number of nitrogens with zero attached hydrogens (tertiary/aromatic N) is 2. The molecular weight excluding hydrogens is 416 g/mol. The van der Waals surface area contributed by atoms with Crippen molar-refractivity contribution in [1.82, 2.24) is 4.90 Å². The number of piperidine rings is 1. The van der Waals surface area contributed by atoms with Crippen LogP contribution in [0, 0.1) is 11.8 Å². The van der Waals surface area contributed by atoms with E-state index in [2.05, 4.69) is 25.7 Å². The van der Waals surface area contributed by atoms with Gasteiger partial charge in [-0.1, -0.05) is 39.0 Å². The van der Waals surface area contributed by atoms with Crippen LogP contribution < -0.4 is 14.4 Å². The average Bonchev–Trinajstić information content (AvgIpc) is 3.08. The van der Waals surface area contributed by atoms with Crippen LogP contribution in [0.2, 0.25) is 0 Å². The molecule has 0 aromatic heterocycles. The molecule has 174 valence electrons. The number of carbonyl (C=O) groups excluding carboxylic acids is 2. The Bertz CT molecular complexity index is 1060. The standard InChI is InChI=1S/C27H32N2O4/c1-18(2)17-33-22-12-10-20(11-13-22)24-25(28-14-6-7-19(3)16-28)27(31)29(26(24)30)21-8-5-9-23(15-21)32-4/h5,8-13,15,18-19H,6-7,14,16-17H2,1-4H3. The summed E-state index contributed by atoms with van der Waals surface area (Å²) in [5.74, 6) is 1.65. The van der Waals surface area contributed by atoms with E-state index in [0.717, 1.165) is 37.2 Å². The van der Waals surface area contributed by atoms with Crippen molar-refractivity contribution in [3.63, 3.8) is 0 Å². The lowest BCUT2D eigenvalue weighted by molar-refractivity contribution is -0.120. The van der Waals surface area contributed by atoms with Gasteiger partial charge in [-0.05, 0) is 54.5 Å². The number of ether oxygens (including phenoxy) is 2. The quantitative estimate of drug-likeness (QED) is 0.573. The first-order valence-corrected chi connectivity index (χ1v) is 11.6. The van der Waals surface area contributed by atoms with Crippen molar-refractivity contribution < 1.29 is 19.1 Å². The number of amides is 2. The van der Waals surface area contributed by atoms with Gasteiger partial charge in [-0.2, -0.15) is 0 Å². The number of rotatable bonds is 7. The highest BCUT2D eigenvalue weighted by Gasteiger charge is 2.43. The largest absolute Gasteiger partial charge is 0.497 e. The number of methoxy groups -OCH3 is 1. The summed E-state index contributed by atoms with van der Waals surface area (Å²) < 4.78 is 11.1. The molecule has 1 unspecified atom stereocenters. The minimum atomic E-state index is -0.308. The maximum Gasteiger partial charge on any atom is 0.282 e. The molecule has 0 N–H and O–H groups in total. The van der Waals surface area contributed by atoms with E-state index < -0.39 is 0 Å². The number of benzene rings is 2. The Morgan fingerprint density at radius 2 is 1.79 bits per heavy atom. The molecule has 0 bridgehead atoms. The molecule has 2 aliphatic heterocycles. The molecule has 33 heavy (non-hydrogen) atoms. The van der Waals surface area contributed by atoms with Gasteiger partial charge in [-0.3, -0.25) is 9.59 Å². The predicted octanol–water partition coefficient (Wildman–Crippen LogP) is 4.75. The summed E-state index contributed by atoms with van der Waals surface area (Å²) in [7, 11) is 1.57. The first kappa shape index (κ1) is 22.9. The number of imide groups is 1. The van der Waals surface area contributed by atoms with Gasteiger partial charge in [0.1, 0.15) is 17.2 Å². The zero-order chi connectivity index (χ0) is 23.5. The van der Waals surface area contributed by atoms with E-state index in [4.69, 9.17) is 9.47 Å². The van der Waals surface area contributed by atoms with Crippen molar-refractivity contribution in [2.75, 3.05) is 31.7 Å². The molecule has 4 rings (SSSR count). The topological polar surface area (TPSA) is 59.1 Å². The Labute approximate surface area is 195 Å². The second kappa shape index (κ2) is 9.69. The van der Waals surface area contributed by atoms with Gasteiger partial charge in [0.15, 0.2) is 0 Å². The zero-order valence-corrected chi connectivity index (χ0v) is 19.8. The molecule has 2 aromatic rings. The van der Waals surface area contributed by atoms with Crippen LogP contribution in [0.3, 0.4) is 0 Å². The van der Waals surface area contributed by atoms with Gasteiger partial charge in [0.2, 0.25) is 0 Å². The number of hydrogen-bond donors (Lipinski definition) is 0. The van der Waals surface area contributed by atoms with Crippen LogP contribution in [0.1, 0.15) is 39.2 Å².